The second-order valence-corrected chi connectivity index (χ2v) is 35.3. The Balaban J connectivity index is 0.000000328. The minimum atomic E-state index is 0. The van der Waals surface area contributed by atoms with E-state index in [2.05, 4.69) is 259 Å². The molecule has 0 saturated heterocycles. The van der Waals surface area contributed by atoms with Gasteiger partial charge in [0.15, 0.2) is 34.1 Å². The van der Waals surface area contributed by atoms with E-state index in [0.29, 0.717) is 0 Å². The zero-order valence-corrected chi connectivity index (χ0v) is 88.7. The first-order valence-electron chi connectivity index (χ1n) is 45.6. The number of furan rings is 3. The number of carbonyl (C=O) groups is 3. The number of hydrogen-bond acceptors (Lipinski definition) is 12. The first-order chi connectivity index (χ1) is 59.3. The molecule has 0 unspecified atom stereocenters. The van der Waals surface area contributed by atoms with Gasteiger partial charge in [0.2, 0.25) is 0 Å². The summed E-state index contributed by atoms with van der Waals surface area (Å²) < 4.78 is 18.4. The van der Waals surface area contributed by atoms with Crippen molar-refractivity contribution in [3.63, 3.8) is 0 Å². The number of allylic oxidation sites excluding steroid dienone is 6. The summed E-state index contributed by atoms with van der Waals surface area (Å²) in [6, 6.07) is 51.0. The summed E-state index contributed by atoms with van der Waals surface area (Å²) in [5, 5.41) is 32.5. The number of pyridine rings is 3. The molecular formula is C113H142Ir3N3O9-3. The second kappa shape index (κ2) is 52.7. The van der Waals surface area contributed by atoms with E-state index < -0.39 is 0 Å². The molecular weight excluding hydrogens is 2120 g/mol. The van der Waals surface area contributed by atoms with Gasteiger partial charge in [-0.15, -0.1) is 105 Å². The largest absolute Gasteiger partial charge is 0.512 e. The Morgan fingerprint density at radius 1 is 0.320 bits per heavy atom. The Labute approximate surface area is 807 Å². The van der Waals surface area contributed by atoms with Crippen LogP contribution in [-0.2, 0) is 80.1 Å². The van der Waals surface area contributed by atoms with Gasteiger partial charge in [-0.2, -0.15) is 0 Å². The Hall–Kier alpha value is -9.03. The van der Waals surface area contributed by atoms with Crippen molar-refractivity contribution in [2.75, 3.05) is 0 Å². The second-order valence-electron chi connectivity index (χ2n) is 35.3. The van der Waals surface area contributed by atoms with Crippen molar-refractivity contribution in [1.29, 1.82) is 0 Å². The molecule has 0 fully saturated rings. The van der Waals surface area contributed by atoms with Crippen molar-refractivity contribution in [3.8, 4) is 67.7 Å². The van der Waals surface area contributed by atoms with Crippen LogP contribution in [0.1, 0.15) is 259 Å². The molecule has 6 heterocycles. The maximum Gasteiger partial charge on any atom is 0.162 e. The summed E-state index contributed by atoms with van der Waals surface area (Å²) in [7, 11) is 0. The Bertz CT molecular complexity index is 5430. The average Bonchev–Trinajstić information content (AvgIpc) is 1.63. The molecule has 12 nitrogen and oxygen atoms in total. The molecule has 6 aromatic heterocycles. The number of aliphatic hydroxyl groups excluding tert-OH is 3. The predicted molar refractivity (Wildman–Crippen MR) is 523 cm³/mol. The number of aromatic nitrogens is 3. The van der Waals surface area contributed by atoms with Crippen LogP contribution in [0, 0.1) is 144 Å². The van der Waals surface area contributed by atoms with E-state index in [4.69, 9.17) is 13.3 Å². The Morgan fingerprint density at radius 2 is 0.562 bits per heavy atom. The van der Waals surface area contributed by atoms with Gasteiger partial charge in [-0.3, -0.25) is 14.4 Å². The van der Waals surface area contributed by atoms with Gasteiger partial charge >= 0.3 is 0 Å². The van der Waals surface area contributed by atoms with Crippen molar-refractivity contribution < 1.29 is 103 Å². The van der Waals surface area contributed by atoms with Crippen LogP contribution in [0.15, 0.2) is 183 Å². The maximum atomic E-state index is 11.7. The molecule has 693 valence electrons. The fraction of sp³-hybridized carbons (Fsp3) is 0.416. The van der Waals surface area contributed by atoms with E-state index in [1.54, 1.807) is 0 Å². The van der Waals surface area contributed by atoms with Gasteiger partial charge in [-0.05, 0) is 206 Å². The van der Waals surface area contributed by atoms with Crippen LogP contribution in [0.2, 0.25) is 0 Å². The van der Waals surface area contributed by atoms with Crippen LogP contribution in [0.25, 0.3) is 101 Å². The molecule has 15 heteroatoms. The van der Waals surface area contributed by atoms with Crippen LogP contribution in [0.4, 0.5) is 0 Å². The molecule has 0 aliphatic heterocycles. The van der Waals surface area contributed by atoms with Crippen molar-refractivity contribution >= 4 is 50.3 Å². The molecule has 0 spiro atoms. The van der Waals surface area contributed by atoms with E-state index >= 15 is 0 Å². The van der Waals surface area contributed by atoms with E-state index in [-0.39, 0.29) is 136 Å². The molecule has 0 atom stereocenters. The van der Waals surface area contributed by atoms with Gasteiger partial charge in [-0.25, -0.2) is 0 Å². The minimum absolute atomic E-state index is 0. The standard InChI is InChI=1S/C27H28NO.C24H22NO.C23H20NO.3C13H24O2.3Ir/c1-16-8-17(2)10-20(9-16)23-13-21-14-24(29-25(21)15-28-23)26-18(3)11-22(12-19(26)4)27(5,6)7;1-14-6-15(2)10-19(9-14)21-11-20-12-22(26-23(20)13-25-21)24-17(4)7-16(3)8-18(24)5;1-14-5-15(2)8-18(7-14)21-11-20-12-22(25-23(20)13-24-21)19-9-16(3)6-17(4)10-19;3*1-5-10(6-2)12(14)9-13(15)11(7-3)8-4;;;/h8-9,11-15H,1-7H3;6-9,11-13H,1-5H3;5-7,9-13H,1-4H3;3*9-11,14H,5-8H2,1-4H3;;;/q3*-1;;;;;;. The quantitative estimate of drug-likeness (QED) is 0.0251. The third-order valence-electron chi connectivity index (χ3n) is 23.8. The van der Waals surface area contributed by atoms with Crippen LogP contribution in [-0.4, -0.2) is 47.6 Å². The third kappa shape index (κ3) is 31.4. The smallest absolute Gasteiger partial charge is 0.162 e. The normalized spacial score (nSPS) is 11.6. The van der Waals surface area contributed by atoms with Gasteiger partial charge in [0.25, 0.3) is 0 Å². The zero-order chi connectivity index (χ0) is 92.4. The van der Waals surface area contributed by atoms with Crippen LogP contribution in [0.5, 0.6) is 0 Å². The number of aryl methyl sites for hydroxylation is 13. The number of aliphatic hydroxyl groups is 3. The molecule has 0 bridgehead atoms. The number of nitrogens with zero attached hydrogens (tertiary/aromatic N) is 3. The zero-order valence-electron chi connectivity index (χ0n) is 81.5. The van der Waals surface area contributed by atoms with E-state index in [1.165, 1.54) is 90.6 Å². The van der Waals surface area contributed by atoms with Crippen molar-refractivity contribution in [2.45, 2.75) is 276 Å². The van der Waals surface area contributed by atoms with E-state index in [0.717, 1.165) is 183 Å². The third-order valence-corrected chi connectivity index (χ3v) is 23.8. The summed E-state index contributed by atoms with van der Waals surface area (Å²) in [5.41, 5.74) is 28.9. The molecule has 0 aliphatic carbocycles. The number of benzene rings is 6. The first-order valence-corrected chi connectivity index (χ1v) is 45.6. The number of hydrogen-bond donors (Lipinski definition) is 3. The molecule has 0 amide bonds. The Kier molecular flexibility index (Phi) is 45.8. The van der Waals surface area contributed by atoms with Crippen molar-refractivity contribution in [1.82, 2.24) is 15.0 Å². The van der Waals surface area contributed by atoms with Crippen molar-refractivity contribution in [3.05, 3.63) is 265 Å². The van der Waals surface area contributed by atoms with Gasteiger partial charge in [-0.1, -0.05) is 211 Å². The predicted octanol–water partition coefficient (Wildman–Crippen LogP) is 31.8. The molecule has 0 aliphatic rings. The SMILES string of the molecule is CCC(CC)C(=O)C=C(O)C(CC)CC.CCC(CC)C(=O)C=C(O)C(CC)CC.CCC(CC)C(=O)C=C(O)C(CC)CC.Cc1[c-]c(-c2cc3cc(-c4c(C)cc(C(C)(C)C)cc4C)oc3cn2)cc(C)c1.Cc1[c-]c(-c2cc3cc(-c4c(C)cc(C)cc4C)oc3cn2)cc(C)c1.Cc1[c-]c(-c2cc3cc(-c4cc(C)cc(C)c4)oc3cn2)cc(C)c1.[Ir].[Ir].[Ir]. The topological polar surface area (TPSA) is 190 Å². The van der Waals surface area contributed by atoms with Crippen molar-refractivity contribution in [2.24, 2.45) is 35.5 Å². The molecule has 128 heavy (non-hydrogen) atoms. The molecule has 0 saturated carbocycles. The minimum Gasteiger partial charge on any atom is -0.512 e. The fourth-order valence-corrected chi connectivity index (χ4v) is 16.6. The van der Waals surface area contributed by atoms with E-state index in [9.17, 15) is 29.7 Å². The summed E-state index contributed by atoms with van der Waals surface area (Å²) in [6.07, 6.45) is 20.2. The van der Waals surface area contributed by atoms with Crippen LogP contribution in [0.3, 0.4) is 0 Å². The average molecular weight is 2260 g/mol. The summed E-state index contributed by atoms with van der Waals surface area (Å²) in [5.74, 6) is 4.32. The van der Waals surface area contributed by atoms with Gasteiger partial charge in [0.05, 0.1) is 35.9 Å². The van der Waals surface area contributed by atoms with Gasteiger partial charge in [0.1, 0.15) is 17.3 Å². The van der Waals surface area contributed by atoms with E-state index in [1.807, 2.05) is 102 Å². The molecule has 3 radical (unpaired) electrons. The summed E-state index contributed by atoms with van der Waals surface area (Å²) in [4.78, 5) is 49.0. The van der Waals surface area contributed by atoms with Crippen LogP contribution < -0.4 is 0 Å². The molecule has 6 aromatic carbocycles. The number of rotatable bonds is 27. The summed E-state index contributed by atoms with van der Waals surface area (Å²) >= 11 is 0. The first kappa shape index (κ1) is 111. The monoisotopic (exact) mass is 2260 g/mol. The van der Waals surface area contributed by atoms with Crippen LogP contribution >= 0.6 is 0 Å². The molecule has 12 rings (SSSR count). The number of fused-ring (bicyclic) bond motifs is 3. The molecule has 3 N–H and O–H groups in total. The Morgan fingerprint density at radius 3 is 0.820 bits per heavy atom. The molecule has 12 aromatic rings. The van der Waals surface area contributed by atoms with Gasteiger partial charge < -0.3 is 43.5 Å². The number of carbonyl (C=O) groups excluding carboxylic acids is 3. The fourth-order valence-electron chi connectivity index (χ4n) is 16.6. The summed E-state index contributed by atoms with van der Waals surface area (Å²) in [6.45, 7) is 58.4. The van der Waals surface area contributed by atoms with Gasteiger partial charge in [0, 0.05) is 147 Å². The maximum absolute atomic E-state index is 11.7. The number of ketones is 3.